The highest BCUT2D eigenvalue weighted by Gasteiger charge is 2.13. The summed E-state index contributed by atoms with van der Waals surface area (Å²) in [5, 5.41) is 3.51. The zero-order valence-corrected chi connectivity index (χ0v) is 13.8. The largest absolute Gasteiger partial charge is 0.384 e. The van der Waals surface area contributed by atoms with E-state index in [1.165, 1.54) is 36.2 Å². The molecule has 2 nitrogen and oxygen atoms in total. The summed E-state index contributed by atoms with van der Waals surface area (Å²) >= 11 is 3.51. The lowest BCUT2D eigenvalue weighted by atomic mass is 10.0. The van der Waals surface area contributed by atoms with Gasteiger partial charge in [-0.1, -0.05) is 46.3 Å². The number of hydrogen-bond donors (Lipinski definition) is 1. The van der Waals surface area contributed by atoms with Crippen LogP contribution in [0.4, 0.5) is 5.69 Å². The summed E-state index contributed by atoms with van der Waals surface area (Å²) in [6, 6.07) is 17.2. The van der Waals surface area contributed by atoms with Crippen LogP contribution in [0.5, 0.6) is 0 Å². The van der Waals surface area contributed by atoms with Gasteiger partial charge in [0, 0.05) is 29.8 Å². The highest BCUT2D eigenvalue weighted by molar-refractivity contribution is 9.10. The van der Waals surface area contributed by atoms with Crippen molar-refractivity contribution >= 4 is 21.6 Å². The zero-order valence-electron chi connectivity index (χ0n) is 12.2. The molecule has 110 valence electrons. The molecule has 0 saturated heterocycles. The topological polar surface area (TPSA) is 15.3 Å². The Hall–Kier alpha value is -1.32. The van der Waals surface area contributed by atoms with Crippen molar-refractivity contribution in [1.82, 2.24) is 4.90 Å². The maximum absolute atomic E-state index is 3.51. The van der Waals surface area contributed by atoms with Gasteiger partial charge in [-0.3, -0.25) is 4.90 Å². The van der Waals surface area contributed by atoms with Gasteiger partial charge in [0.2, 0.25) is 0 Å². The van der Waals surface area contributed by atoms with Crippen molar-refractivity contribution in [3.05, 3.63) is 64.1 Å². The maximum atomic E-state index is 3.51. The monoisotopic (exact) mass is 344 g/mol. The minimum Gasteiger partial charge on any atom is -0.384 e. The third-order valence-corrected chi connectivity index (χ3v) is 4.51. The maximum Gasteiger partial charge on any atom is 0.0351 e. The average Bonchev–Trinajstić information content (AvgIpc) is 2.69. The smallest absolute Gasteiger partial charge is 0.0351 e. The summed E-state index contributed by atoms with van der Waals surface area (Å²) in [6.07, 6.45) is 2.47. The SMILES string of the molecule is Brc1cccc(NCCN2CCCc3ccccc3C2)c1. The molecular weight excluding hydrogens is 324 g/mol. The molecule has 0 spiro atoms. The lowest BCUT2D eigenvalue weighted by Crippen LogP contribution is -2.28. The van der Waals surface area contributed by atoms with Crippen molar-refractivity contribution in [3.8, 4) is 0 Å². The van der Waals surface area contributed by atoms with Crippen molar-refractivity contribution in [2.75, 3.05) is 25.0 Å². The molecule has 1 heterocycles. The van der Waals surface area contributed by atoms with E-state index in [4.69, 9.17) is 0 Å². The van der Waals surface area contributed by atoms with Gasteiger partial charge in [-0.25, -0.2) is 0 Å². The molecule has 1 aliphatic heterocycles. The van der Waals surface area contributed by atoms with E-state index < -0.39 is 0 Å². The van der Waals surface area contributed by atoms with E-state index in [1.54, 1.807) is 0 Å². The normalized spacial score (nSPS) is 15.3. The molecule has 3 heteroatoms. The molecule has 1 aliphatic rings. The van der Waals surface area contributed by atoms with Gasteiger partial charge in [0.1, 0.15) is 0 Å². The Morgan fingerprint density at radius 1 is 1.05 bits per heavy atom. The Labute approximate surface area is 135 Å². The number of hydrogen-bond acceptors (Lipinski definition) is 2. The predicted octanol–water partition coefficient (Wildman–Crippen LogP) is 4.31. The molecule has 0 aromatic heterocycles. The summed E-state index contributed by atoms with van der Waals surface area (Å²) in [4.78, 5) is 2.55. The highest BCUT2D eigenvalue weighted by Crippen LogP contribution is 2.18. The van der Waals surface area contributed by atoms with Gasteiger partial charge < -0.3 is 5.32 Å². The van der Waals surface area contributed by atoms with Crippen LogP contribution in [-0.4, -0.2) is 24.5 Å². The first-order chi connectivity index (χ1) is 10.3. The Morgan fingerprint density at radius 3 is 2.76 bits per heavy atom. The zero-order chi connectivity index (χ0) is 14.5. The molecule has 2 aromatic carbocycles. The molecule has 3 rings (SSSR count). The number of halogens is 1. The van der Waals surface area contributed by atoms with Crippen molar-refractivity contribution in [1.29, 1.82) is 0 Å². The lowest BCUT2D eigenvalue weighted by molar-refractivity contribution is 0.280. The van der Waals surface area contributed by atoms with Gasteiger partial charge >= 0.3 is 0 Å². The Bertz CT molecular complexity index is 597. The molecule has 0 amide bonds. The standard InChI is InChI=1S/C18H21BrN2/c19-17-8-3-9-18(13-17)20-10-12-21-11-4-7-15-5-1-2-6-16(15)14-21/h1-3,5-6,8-9,13,20H,4,7,10-12,14H2. The van der Waals surface area contributed by atoms with E-state index in [0.717, 1.165) is 24.1 Å². The van der Waals surface area contributed by atoms with Gasteiger partial charge in [0.05, 0.1) is 0 Å². The van der Waals surface area contributed by atoms with E-state index >= 15 is 0 Å². The Kier molecular flexibility index (Phi) is 4.94. The quantitative estimate of drug-likeness (QED) is 0.888. The number of rotatable bonds is 4. The minimum atomic E-state index is 0.985. The fourth-order valence-electron chi connectivity index (χ4n) is 2.92. The second-order valence-corrected chi connectivity index (χ2v) is 6.50. The molecule has 0 radical (unpaired) electrons. The van der Waals surface area contributed by atoms with Gasteiger partial charge in [-0.05, 0) is 48.7 Å². The van der Waals surface area contributed by atoms with Gasteiger partial charge in [-0.15, -0.1) is 0 Å². The van der Waals surface area contributed by atoms with Crippen molar-refractivity contribution < 1.29 is 0 Å². The highest BCUT2D eigenvalue weighted by atomic mass is 79.9. The molecule has 21 heavy (non-hydrogen) atoms. The lowest BCUT2D eigenvalue weighted by Gasteiger charge is -2.21. The third kappa shape index (κ3) is 4.08. The van der Waals surface area contributed by atoms with E-state index in [2.05, 4.69) is 74.7 Å². The number of aryl methyl sites for hydroxylation is 1. The fourth-order valence-corrected chi connectivity index (χ4v) is 3.32. The van der Waals surface area contributed by atoms with Crippen LogP contribution in [0.2, 0.25) is 0 Å². The Balaban J connectivity index is 1.54. The van der Waals surface area contributed by atoms with Crippen LogP contribution < -0.4 is 5.32 Å². The molecule has 2 aromatic rings. The second kappa shape index (κ2) is 7.10. The van der Waals surface area contributed by atoms with E-state index in [1.807, 2.05) is 0 Å². The van der Waals surface area contributed by atoms with Crippen molar-refractivity contribution in [2.45, 2.75) is 19.4 Å². The summed E-state index contributed by atoms with van der Waals surface area (Å²) < 4.78 is 1.12. The first-order valence-corrected chi connectivity index (χ1v) is 8.39. The van der Waals surface area contributed by atoms with Crippen LogP contribution in [0.1, 0.15) is 17.5 Å². The van der Waals surface area contributed by atoms with Crippen LogP contribution in [0.3, 0.4) is 0 Å². The van der Waals surface area contributed by atoms with E-state index in [-0.39, 0.29) is 0 Å². The first-order valence-electron chi connectivity index (χ1n) is 7.60. The summed E-state index contributed by atoms with van der Waals surface area (Å²) in [6.45, 7) is 4.34. The second-order valence-electron chi connectivity index (χ2n) is 5.59. The molecule has 0 saturated carbocycles. The number of anilines is 1. The molecule has 0 bridgehead atoms. The molecule has 0 unspecified atom stereocenters. The number of nitrogens with zero attached hydrogens (tertiary/aromatic N) is 1. The van der Waals surface area contributed by atoms with E-state index in [9.17, 15) is 0 Å². The fraction of sp³-hybridized carbons (Fsp3) is 0.333. The van der Waals surface area contributed by atoms with Gasteiger partial charge in [-0.2, -0.15) is 0 Å². The molecule has 0 aliphatic carbocycles. The minimum absolute atomic E-state index is 0.985. The van der Waals surface area contributed by atoms with Crippen molar-refractivity contribution in [3.63, 3.8) is 0 Å². The number of fused-ring (bicyclic) bond motifs is 1. The van der Waals surface area contributed by atoms with Crippen LogP contribution >= 0.6 is 15.9 Å². The molecule has 0 atom stereocenters. The van der Waals surface area contributed by atoms with Crippen LogP contribution in [0.25, 0.3) is 0 Å². The molecular formula is C18H21BrN2. The van der Waals surface area contributed by atoms with Crippen LogP contribution in [0, 0.1) is 0 Å². The predicted molar refractivity (Wildman–Crippen MR) is 92.7 cm³/mol. The third-order valence-electron chi connectivity index (χ3n) is 4.01. The van der Waals surface area contributed by atoms with Crippen LogP contribution in [0.15, 0.2) is 53.0 Å². The number of benzene rings is 2. The molecule has 1 N–H and O–H groups in total. The van der Waals surface area contributed by atoms with Crippen molar-refractivity contribution in [2.24, 2.45) is 0 Å². The van der Waals surface area contributed by atoms with Crippen LogP contribution in [-0.2, 0) is 13.0 Å². The Morgan fingerprint density at radius 2 is 1.90 bits per heavy atom. The van der Waals surface area contributed by atoms with E-state index in [0.29, 0.717) is 0 Å². The first kappa shape index (κ1) is 14.6. The van der Waals surface area contributed by atoms with Gasteiger partial charge in [0.25, 0.3) is 0 Å². The summed E-state index contributed by atoms with van der Waals surface area (Å²) in [7, 11) is 0. The summed E-state index contributed by atoms with van der Waals surface area (Å²) in [5.74, 6) is 0. The average molecular weight is 345 g/mol. The number of nitrogens with one attached hydrogen (secondary N) is 1. The van der Waals surface area contributed by atoms with Gasteiger partial charge in [0.15, 0.2) is 0 Å². The summed E-state index contributed by atoms with van der Waals surface area (Å²) in [5.41, 5.74) is 4.21. The molecule has 0 fully saturated rings.